The summed E-state index contributed by atoms with van der Waals surface area (Å²) in [4.78, 5) is 16.6. The van der Waals surface area contributed by atoms with Crippen LogP contribution in [0, 0.1) is 0 Å². The minimum Gasteiger partial charge on any atom is -0.367 e. The second-order valence-corrected chi connectivity index (χ2v) is 4.93. The summed E-state index contributed by atoms with van der Waals surface area (Å²) in [6.45, 7) is 0. The van der Waals surface area contributed by atoms with Crippen LogP contribution in [0.3, 0.4) is 0 Å². The van der Waals surface area contributed by atoms with Gasteiger partial charge in [0.25, 0.3) is 5.91 Å². The van der Waals surface area contributed by atoms with Gasteiger partial charge < -0.3 is 10.1 Å². The number of anilines is 1. The summed E-state index contributed by atoms with van der Waals surface area (Å²) in [5, 5.41) is 9.49. The zero-order valence-electron chi connectivity index (χ0n) is 12.6. The van der Waals surface area contributed by atoms with Crippen LogP contribution >= 0.6 is 0 Å². The molecule has 1 aromatic heterocycles. The lowest BCUT2D eigenvalue weighted by Gasteiger charge is -2.16. The molecule has 0 radical (unpaired) electrons. The Labute approximate surface area is 133 Å². The monoisotopic (exact) mass is 308 g/mol. The Hall–Kier alpha value is -2.99. The number of methoxy groups -OCH3 is 1. The van der Waals surface area contributed by atoms with E-state index in [1.165, 1.54) is 13.4 Å². The van der Waals surface area contributed by atoms with Gasteiger partial charge in [0.15, 0.2) is 11.9 Å². The highest BCUT2D eigenvalue weighted by atomic mass is 16.5. The number of rotatable bonds is 5. The third-order valence-corrected chi connectivity index (χ3v) is 3.39. The summed E-state index contributed by atoms with van der Waals surface area (Å²) >= 11 is 0. The molecule has 0 spiro atoms. The molecule has 23 heavy (non-hydrogen) atoms. The summed E-state index contributed by atoms with van der Waals surface area (Å²) in [6, 6.07) is 16.7. The zero-order valence-corrected chi connectivity index (χ0v) is 12.6. The third-order valence-electron chi connectivity index (χ3n) is 3.39. The average molecular weight is 308 g/mol. The van der Waals surface area contributed by atoms with Gasteiger partial charge in [0, 0.05) is 18.4 Å². The number of carbonyl (C=O) groups excluding carboxylic acids is 1. The predicted octanol–water partition coefficient (Wildman–Crippen LogP) is 2.80. The van der Waals surface area contributed by atoms with E-state index in [4.69, 9.17) is 4.74 Å². The van der Waals surface area contributed by atoms with Gasteiger partial charge in [-0.25, -0.2) is 4.98 Å². The lowest BCUT2D eigenvalue weighted by molar-refractivity contribution is -0.126. The highest BCUT2D eigenvalue weighted by Crippen LogP contribution is 2.22. The number of nitrogens with zero attached hydrogens (tertiary/aromatic N) is 2. The van der Waals surface area contributed by atoms with Crippen molar-refractivity contribution in [3.05, 3.63) is 66.5 Å². The molecule has 1 atom stereocenters. The number of ether oxygens (including phenoxy) is 1. The van der Waals surface area contributed by atoms with Crippen molar-refractivity contribution in [1.82, 2.24) is 15.2 Å². The maximum Gasteiger partial charge on any atom is 0.258 e. The number of hydrogen-bond donors (Lipinski definition) is 2. The molecule has 2 aromatic carbocycles. The zero-order chi connectivity index (χ0) is 16.1. The fourth-order valence-electron chi connectivity index (χ4n) is 2.32. The summed E-state index contributed by atoms with van der Waals surface area (Å²) in [6.07, 6.45) is 0.780. The lowest BCUT2D eigenvalue weighted by Crippen LogP contribution is -2.22. The second-order valence-electron chi connectivity index (χ2n) is 4.93. The molecule has 0 fully saturated rings. The first-order valence-corrected chi connectivity index (χ1v) is 7.12. The number of H-pyrrole nitrogens is 1. The molecule has 1 amide bonds. The number of hydrogen-bond acceptors (Lipinski definition) is 4. The van der Waals surface area contributed by atoms with Gasteiger partial charge in [0.05, 0.1) is 0 Å². The molecule has 0 aliphatic carbocycles. The number of nitrogens with one attached hydrogen (secondary N) is 2. The Morgan fingerprint density at radius 2 is 2.00 bits per heavy atom. The first-order chi connectivity index (χ1) is 11.3. The van der Waals surface area contributed by atoms with Crippen molar-refractivity contribution >= 4 is 11.6 Å². The molecule has 0 saturated carbocycles. The van der Waals surface area contributed by atoms with Crippen LogP contribution in [0.25, 0.3) is 11.4 Å². The summed E-state index contributed by atoms with van der Waals surface area (Å²) in [7, 11) is 1.52. The minimum atomic E-state index is -0.662. The van der Waals surface area contributed by atoms with Crippen LogP contribution < -0.4 is 5.32 Å². The van der Waals surface area contributed by atoms with E-state index in [0.29, 0.717) is 11.5 Å². The first-order valence-electron chi connectivity index (χ1n) is 7.12. The standard InChI is InChI=1S/C17H16N4O2/c1-23-15(12-6-3-2-4-7-12)17(22)20-14-9-5-8-13(10-14)16-18-11-19-21-16/h2-11,15H,1H3,(H,20,22)(H,18,19,21)/t15-/m1/s1. The van der Waals surface area contributed by atoms with Crippen molar-refractivity contribution in [3.8, 4) is 11.4 Å². The smallest absolute Gasteiger partial charge is 0.258 e. The lowest BCUT2D eigenvalue weighted by atomic mass is 10.1. The average Bonchev–Trinajstić information content (AvgIpc) is 3.11. The molecule has 0 aliphatic rings. The van der Waals surface area contributed by atoms with Crippen LogP contribution in [-0.4, -0.2) is 28.2 Å². The molecule has 6 nitrogen and oxygen atoms in total. The van der Waals surface area contributed by atoms with Crippen LogP contribution in [-0.2, 0) is 9.53 Å². The molecule has 0 bridgehead atoms. The molecular formula is C17H16N4O2. The van der Waals surface area contributed by atoms with Gasteiger partial charge in [0.1, 0.15) is 6.33 Å². The van der Waals surface area contributed by atoms with E-state index in [1.54, 1.807) is 0 Å². The van der Waals surface area contributed by atoms with Crippen molar-refractivity contribution in [3.63, 3.8) is 0 Å². The summed E-state index contributed by atoms with van der Waals surface area (Å²) in [5.74, 6) is 0.417. The van der Waals surface area contributed by atoms with Gasteiger partial charge >= 0.3 is 0 Å². The van der Waals surface area contributed by atoms with E-state index < -0.39 is 6.10 Å². The quantitative estimate of drug-likeness (QED) is 0.759. The van der Waals surface area contributed by atoms with Crippen LogP contribution in [0.2, 0.25) is 0 Å². The molecule has 0 unspecified atom stereocenters. The van der Waals surface area contributed by atoms with E-state index >= 15 is 0 Å². The van der Waals surface area contributed by atoms with Crippen molar-refractivity contribution < 1.29 is 9.53 Å². The molecule has 116 valence electrons. The van der Waals surface area contributed by atoms with E-state index in [2.05, 4.69) is 20.5 Å². The third kappa shape index (κ3) is 3.44. The largest absolute Gasteiger partial charge is 0.367 e. The Morgan fingerprint density at radius 3 is 2.70 bits per heavy atom. The van der Waals surface area contributed by atoms with Gasteiger partial charge in [0.2, 0.25) is 0 Å². The molecule has 0 aliphatic heterocycles. The van der Waals surface area contributed by atoms with Gasteiger partial charge in [-0.3, -0.25) is 9.89 Å². The molecule has 1 heterocycles. The van der Waals surface area contributed by atoms with Crippen molar-refractivity contribution in [2.45, 2.75) is 6.10 Å². The van der Waals surface area contributed by atoms with E-state index in [1.807, 2.05) is 54.6 Å². The molecular weight excluding hydrogens is 292 g/mol. The number of aromatic amines is 1. The van der Waals surface area contributed by atoms with Crippen LogP contribution in [0.15, 0.2) is 60.9 Å². The summed E-state index contributed by atoms with van der Waals surface area (Å²) in [5.41, 5.74) is 2.31. The van der Waals surface area contributed by atoms with Gasteiger partial charge in [-0.15, -0.1) is 0 Å². The SMILES string of the molecule is CO[C@@H](C(=O)Nc1cccc(-c2ncn[nH]2)c1)c1ccccc1. The second kappa shape index (κ2) is 6.85. The molecule has 6 heteroatoms. The van der Waals surface area contributed by atoms with E-state index in [-0.39, 0.29) is 5.91 Å². The number of amides is 1. The highest BCUT2D eigenvalue weighted by molar-refractivity contribution is 5.95. The fraction of sp³-hybridized carbons (Fsp3) is 0.118. The van der Waals surface area contributed by atoms with Gasteiger partial charge in [-0.1, -0.05) is 42.5 Å². The van der Waals surface area contributed by atoms with Gasteiger partial charge in [-0.2, -0.15) is 5.10 Å². The van der Waals surface area contributed by atoms with Crippen LogP contribution in [0.5, 0.6) is 0 Å². The number of carbonyl (C=O) groups is 1. The molecule has 2 N–H and O–H groups in total. The van der Waals surface area contributed by atoms with E-state index in [0.717, 1.165) is 11.1 Å². The van der Waals surface area contributed by atoms with E-state index in [9.17, 15) is 4.79 Å². The normalized spacial score (nSPS) is 11.9. The maximum atomic E-state index is 12.5. The fourth-order valence-corrected chi connectivity index (χ4v) is 2.32. The predicted molar refractivity (Wildman–Crippen MR) is 86.6 cm³/mol. The Bertz CT molecular complexity index is 772. The van der Waals surface area contributed by atoms with Gasteiger partial charge in [-0.05, 0) is 17.7 Å². The Balaban J connectivity index is 1.78. The van der Waals surface area contributed by atoms with Crippen molar-refractivity contribution in [2.24, 2.45) is 0 Å². The Kier molecular flexibility index (Phi) is 4.44. The summed E-state index contributed by atoms with van der Waals surface area (Å²) < 4.78 is 5.33. The maximum absolute atomic E-state index is 12.5. The van der Waals surface area contributed by atoms with Crippen molar-refractivity contribution in [1.29, 1.82) is 0 Å². The number of benzene rings is 2. The molecule has 3 rings (SSSR count). The highest BCUT2D eigenvalue weighted by Gasteiger charge is 2.20. The van der Waals surface area contributed by atoms with Crippen molar-refractivity contribution in [2.75, 3.05) is 12.4 Å². The minimum absolute atomic E-state index is 0.228. The Morgan fingerprint density at radius 1 is 1.17 bits per heavy atom. The first kappa shape index (κ1) is 14.9. The molecule has 0 saturated heterocycles. The molecule has 3 aromatic rings. The number of aromatic nitrogens is 3. The van der Waals surface area contributed by atoms with Crippen LogP contribution in [0.1, 0.15) is 11.7 Å². The topological polar surface area (TPSA) is 79.9 Å². The van der Waals surface area contributed by atoms with Crippen LogP contribution in [0.4, 0.5) is 5.69 Å².